The molecule has 4 nitrogen and oxygen atoms in total. The zero-order chi connectivity index (χ0) is 22.2. The fourth-order valence-corrected chi connectivity index (χ4v) is 4.91. The van der Waals surface area contributed by atoms with Crippen LogP contribution in [-0.4, -0.2) is 44.2 Å². The van der Waals surface area contributed by atoms with Crippen molar-refractivity contribution in [3.05, 3.63) is 102 Å². The Morgan fingerprint density at radius 2 is 1.56 bits per heavy atom. The Balaban J connectivity index is 1.43. The molecule has 168 valence electrons. The van der Waals surface area contributed by atoms with Crippen LogP contribution in [0.2, 0.25) is 0 Å². The second-order valence-corrected chi connectivity index (χ2v) is 8.76. The van der Waals surface area contributed by atoms with Gasteiger partial charge in [0.2, 0.25) is 0 Å². The summed E-state index contributed by atoms with van der Waals surface area (Å²) in [6.45, 7) is 4.25. The van der Waals surface area contributed by atoms with E-state index in [-0.39, 0.29) is 0 Å². The van der Waals surface area contributed by atoms with E-state index in [2.05, 4.69) is 83.0 Å². The van der Waals surface area contributed by atoms with Crippen molar-refractivity contribution in [2.75, 3.05) is 39.0 Å². The van der Waals surface area contributed by atoms with Crippen LogP contribution in [0, 0.1) is 0 Å². The average molecular weight is 430 g/mol. The number of hydrogen-bond donors (Lipinski definition) is 2. The number of nitrogens with two attached hydrogens (primary N) is 1. The number of methoxy groups -OCH3 is 1. The van der Waals surface area contributed by atoms with Crippen molar-refractivity contribution in [1.29, 1.82) is 0 Å². The maximum absolute atomic E-state index is 6.33. The summed E-state index contributed by atoms with van der Waals surface area (Å²) in [5.41, 5.74) is 9.94. The average Bonchev–Trinajstić information content (AvgIpc) is 2.85. The summed E-state index contributed by atoms with van der Waals surface area (Å²) in [5.74, 6) is 0. The summed E-state index contributed by atoms with van der Waals surface area (Å²) in [6, 6.07) is 29.9. The minimum Gasteiger partial charge on any atom is -0.399 e. The van der Waals surface area contributed by atoms with Gasteiger partial charge in [0.1, 0.15) is 5.60 Å². The van der Waals surface area contributed by atoms with E-state index < -0.39 is 5.60 Å². The van der Waals surface area contributed by atoms with Crippen LogP contribution >= 0.6 is 0 Å². The topological polar surface area (TPSA) is 50.5 Å². The second-order valence-electron chi connectivity index (χ2n) is 8.76. The molecule has 32 heavy (non-hydrogen) atoms. The van der Waals surface area contributed by atoms with Crippen LogP contribution in [0.15, 0.2) is 84.9 Å². The van der Waals surface area contributed by atoms with Gasteiger partial charge in [-0.25, -0.2) is 0 Å². The summed E-state index contributed by atoms with van der Waals surface area (Å²) in [7, 11) is 1.84. The maximum atomic E-state index is 6.33. The van der Waals surface area contributed by atoms with Crippen LogP contribution in [-0.2, 0) is 16.8 Å². The highest BCUT2D eigenvalue weighted by molar-refractivity contribution is 5.39. The molecule has 1 fully saturated rings. The van der Waals surface area contributed by atoms with Crippen LogP contribution in [0.25, 0.3) is 0 Å². The van der Waals surface area contributed by atoms with Crippen LogP contribution in [0.3, 0.4) is 0 Å². The van der Waals surface area contributed by atoms with Crippen molar-refractivity contribution in [1.82, 2.24) is 10.2 Å². The van der Waals surface area contributed by atoms with Gasteiger partial charge in [0.05, 0.1) is 0 Å². The molecule has 1 unspecified atom stereocenters. The normalized spacial score (nSPS) is 17.3. The smallest absolute Gasteiger partial charge is 0.119 e. The highest BCUT2D eigenvalue weighted by Gasteiger charge is 2.38. The molecule has 0 amide bonds. The first-order valence-electron chi connectivity index (χ1n) is 11.7. The lowest BCUT2D eigenvalue weighted by Crippen LogP contribution is -2.53. The van der Waals surface area contributed by atoms with Crippen LogP contribution < -0.4 is 11.1 Å². The minimum atomic E-state index is -0.465. The lowest BCUT2D eigenvalue weighted by molar-refractivity contribution is -0.000920. The number of hydrogen-bond acceptors (Lipinski definition) is 4. The number of nitrogens with zero attached hydrogens (tertiary/aromatic N) is 1. The first-order chi connectivity index (χ1) is 15.7. The van der Waals surface area contributed by atoms with Gasteiger partial charge in [0.15, 0.2) is 0 Å². The third-order valence-electron chi connectivity index (χ3n) is 6.62. The number of ether oxygens (including phenoxy) is 1. The minimum absolute atomic E-state index is 0.362. The van der Waals surface area contributed by atoms with E-state index in [9.17, 15) is 0 Å². The Bertz CT molecular complexity index is 904. The molecule has 0 aliphatic carbocycles. The number of anilines is 1. The summed E-state index contributed by atoms with van der Waals surface area (Å²) in [5, 5.41) is 3.76. The number of aryl methyl sites for hydroxylation is 1. The van der Waals surface area contributed by atoms with Crippen molar-refractivity contribution in [3.8, 4) is 0 Å². The highest BCUT2D eigenvalue weighted by atomic mass is 16.5. The molecule has 1 aliphatic heterocycles. The van der Waals surface area contributed by atoms with Crippen molar-refractivity contribution in [3.63, 3.8) is 0 Å². The van der Waals surface area contributed by atoms with E-state index in [4.69, 9.17) is 10.5 Å². The van der Waals surface area contributed by atoms with E-state index in [1.165, 1.54) is 16.7 Å². The monoisotopic (exact) mass is 429 g/mol. The fourth-order valence-electron chi connectivity index (χ4n) is 4.91. The zero-order valence-electron chi connectivity index (χ0n) is 19.0. The van der Waals surface area contributed by atoms with Crippen molar-refractivity contribution in [2.45, 2.75) is 30.9 Å². The third kappa shape index (κ3) is 5.39. The Morgan fingerprint density at radius 3 is 2.16 bits per heavy atom. The fraction of sp³-hybridized carbons (Fsp3) is 0.357. The van der Waals surface area contributed by atoms with E-state index >= 15 is 0 Å². The Morgan fingerprint density at radius 1 is 0.938 bits per heavy atom. The van der Waals surface area contributed by atoms with Gasteiger partial charge in [-0.05, 0) is 48.2 Å². The molecule has 1 saturated heterocycles. The van der Waals surface area contributed by atoms with Crippen molar-refractivity contribution < 1.29 is 4.74 Å². The van der Waals surface area contributed by atoms with Crippen molar-refractivity contribution >= 4 is 5.69 Å². The van der Waals surface area contributed by atoms with Gasteiger partial charge in [0.25, 0.3) is 0 Å². The molecule has 1 atom stereocenters. The van der Waals surface area contributed by atoms with Crippen molar-refractivity contribution in [2.24, 2.45) is 0 Å². The molecule has 0 bridgehead atoms. The van der Waals surface area contributed by atoms with Gasteiger partial charge in [-0.3, -0.25) is 0 Å². The molecule has 0 aromatic heterocycles. The van der Waals surface area contributed by atoms with Crippen LogP contribution in [0.4, 0.5) is 5.69 Å². The van der Waals surface area contributed by atoms with Gasteiger partial charge in [-0.2, -0.15) is 0 Å². The second kappa shape index (κ2) is 10.8. The maximum Gasteiger partial charge on any atom is 0.119 e. The molecule has 1 aliphatic rings. The number of rotatable bonds is 9. The quantitative estimate of drug-likeness (QED) is 0.493. The lowest BCUT2D eigenvalue weighted by atomic mass is 9.80. The van der Waals surface area contributed by atoms with E-state index in [0.29, 0.717) is 6.04 Å². The number of nitrogens with one attached hydrogen (secondary N) is 1. The molecule has 0 radical (unpaired) electrons. The van der Waals surface area contributed by atoms with Gasteiger partial charge in [-0.1, -0.05) is 72.8 Å². The molecule has 0 spiro atoms. The Hall–Kier alpha value is -2.66. The first kappa shape index (κ1) is 22.5. The molecule has 3 aromatic rings. The summed E-state index contributed by atoms with van der Waals surface area (Å²) >= 11 is 0. The van der Waals surface area contributed by atoms with Gasteiger partial charge >= 0.3 is 0 Å². The summed E-state index contributed by atoms with van der Waals surface area (Å²) in [6.07, 6.45) is 3.14. The number of piperazine rings is 1. The SMILES string of the molecule is COC(CC1CN(CCCc2ccc(N)cc2)CCN1)(c1ccccc1)c1ccccc1. The number of benzene rings is 3. The standard InChI is InChI=1S/C28H35N3O/c1-32-28(24-10-4-2-5-11-24,25-12-6-3-7-13-25)21-27-22-31(20-18-30-27)19-8-9-23-14-16-26(29)17-15-23/h2-7,10-17,27,30H,8-9,18-22,29H2,1H3. The van der Waals surface area contributed by atoms with E-state index in [1.54, 1.807) is 0 Å². The van der Waals surface area contributed by atoms with Crippen LogP contribution in [0.1, 0.15) is 29.5 Å². The molecular formula is C28H35N3O. The van der Waals surface area contributed by atoms with Gasteiger partial charge in [-0.15, -0.1) is 0 Å². The predicted molar refractivity (Wildman–Crippen MR) is 133 cm³/mol. The third-order valence-corrected chi connectivity index (χ3v) is 6.62. The highest BCUT2D eigenvalue weighted by Crippen LogP contribution is 2.38. The number of nitrogen functional groups attached to an aromatic ring is 1. The lowest BCUT2D eigenvalue weighted by Gasteiger charge is -2.41. The van der Waals surface area contributed by atoms with Gasteiger partial charge < -0.3 is 20.7 Å². The molecular weight excluding hydrogens is 394 g/mol. The van der Waals surface area contributed by atoms with E-state index in [1.807, 2.05) is 19.2 Å². The Labute approximate surface area is 192 Å². The molecule has 1 heterocycles. The zero-order valence-corrected chi connectivity index (χ0v) is 19.0. The molecule has 0 saturated carbocycles. The Kier molecular flexibility index (Phi) is 7.59. The van der Waals surface area contributed by atoms with Crippen LogP contribution in [0.5, 0.6) is 0 Å². The summed E-state index contributed by atoms with van der Waals surface area (Å²) < 4.78 is 6.33. The molecule has 4 heteroatoms. The summed E-state index contributed by atoms with van der Waals surface area (Å²) in [4.78, 5) is 2.59. The molecule has 3 N–H and O–H groups in total. The first-order valence-corrected chi connectivity index (χ1v) is 11.7. The molecule has 4 rings (SSSR count). The largest absolute Gasteiger partial charge is 0.399 e. The van der Waals surface area contributed by atoms with Gasteiger partial charge in [0, 0.05) is 44.9 Å². The molecule has 3 aromatic carbocycles. The van der Waals surface area contributed by atoms with E-state index in [0.717, 1.165) is 51.1 Å². The predicted octanol–water partition coefficient (Wildman–Crippen LogP) is 4.46.